The minimum absolute atomic E-state index is 0.0522. The van der Waals surface area contributed by atoms with Crippen LogP contribution in [0.25, 0.3) is 11.4 Å². The lowest BCUT2D eigenvalue weighted by molar-refractivity contribution is 0.0994. The normalized spacial score (nSPS) is 12.2. The topological polar surface area (TPSA) is 47.8 Å². The van der Waals surface area contributed by atoms with Gasteiger partial charge in [0.1, 0.15) is 5.82 Å². The maximum atomic E-state index is 13.1. The van der Waals surface area contributed by atoms with Crippen molar-refractivity contribution in [3.05, 3.63) is 65.5 Å². The zero-order valence-corrected chi connectivity index (χ0v) is 15.0. The summed E-state index contributed by atoms with van der Waals surface area (Å²) in [6, 6.07) is 13.6. The molecule has 1 heterocycles. The fourth-order valence-electron chi connectivity index (χ4n) is 2.43. The van der Waals surface area contributed by atoms with Gasteiger partial charge in [-0.2, -0.15) is 0 Å². The monoisotopic (exact) mass is 355 g/mol. The molecule has 3 rings (SSSR count). The van der Waals surface area contributed by atoms with Crippen LogP contribution in [-0.2, 0) is 7.05 Å². The molecular formula is C19H18FN3OS. The van der Waals surface area contributed by atoms with Crippen LogP contribution in [0.4, 0.5) is 4.39 Å². The van der Waals surface area contributed by atoms with Gasteiger partial charge in [-0.3, -0.25) is 4.79 Å². The molecule has 0 radical (unpaired) electrons. The quantitative estimate of drug-likeness (QED) is 0.506. The molecule has 4 nitrogen and oxygen atoms in total. The number of aromatic nitrogens is 3. The SMILES string of the molecule is Cc1ccc(C(=O)C(C)Sc2nnc(-c3ccc(F)cc3)n2C)cc1. The molecule has 0 amide bonds. The minimum atomic E-state index is -0.294. The van der Waals surface area contributed by atoms with Crippen molar-refractivity contribution >= 4 is 17.5 Å². The van der Waals surface area contributed by atoms with E-state index in [-0.39, 0.29) is 16.9 Å². The van der Waals surface area contributed by atoms with Crippen molar-refractivity contribution in [3.63, 3.8) is 0 Å². The summed E-state index contributed by atoms with van der Waals surface area (Å²) in [6.07, 6.45) is 0. The summed E-state index contributed by atoms with van der Waals surface area (Å²) in [6.45, 7) is 3.85. The van der Waals surface area contributed by atoms with Crippen LogP contribution in [0.15, 0.2) is 53.7 Å². The van der Waals surface area contributed by atoms with E-state index < -0.39 is 0 Å². The molecule has 0 spiro atoms. The van der Waals surface area contributed by atoms with Crippen LogP contribution in [0.3, 0.4) is 0 Å². The summed E-state index contributed by atoms with van der Waals surface area (Å²) in [5, 5.41) is 8.71. The third kappa shape index (κ3) is 3.79. The summed E-state index contributed by atoms with van der Waals surface area (Å²) in [5.41, 5.74) is 2.58. The Balaban J connectivity index is 1.78. The van der Waals surface area contributed by atoms with Gasteiger partial charge in [0, 0.05) is 18.2 Å². The van der Waals surface area contributed by atoms with Crippen molar-refractivity contribution in [2.24, 2.45) is 7.05 Å². The van der Waals surface area contributed by atoms with Crippen LogP contribution in [0.1, 0.15) is 22.8 Å². The Morgan fingerprint density at radius 2 is 1.72 bits per heavy atom. The van der Waals surface area contributed by atoms with Crippen LogP contribution in [0, 0.1) is 12.7 Å². The minimum Gasteiger partial charge on any atom is -0.305 e. The number of halogens is 1. The average Bonchev–Trinajstić information content (AvgIpc) is 2.96. The van der Waals surface area contributed by atoms with Crippen molar-refractivity contribution in [2.45, 2.75) is 24.3 Å². The van der Waals surface area contributed by atoms with Crippen LogP contribution in [0.2, 0.25) is 0 Å². The molecule has 0 saturated carbocycles. The summed E-state index contributed by atoms with van der Waals surface area (Å²) in [5.74, 6) is 0.395. The number of rotatable bonds is 5. The highest BCUT2D eigenvalue weighted by atomic mass is 32.2. The van der Waals surface area contributed by atoms with E-state index >= 15 is 0 Å². The predicted molar refractivity (Wildman–Crippen MR) is 97.2 cm³/mol. The number of hydrogen-bond acceptors (Lipinski definition) is 4. The standard InChI is InChI=1S/C19H18FN3OS/c1-12-4-6-14(7-5-12)17(24)13(2)25-19-22-21-18(23(19)3)15-8-10-16(20)11-9-15/h4-11,13H,1-3H3. The van der Waals surface area contributed by atoms with Gasteiger partial charge < -0.3 is 4.57 Å². The van der Waals surface area contributed by atoms with Crippen molar-refractivity contribution in [2.75, 3.05) is 0 Å². The lowest BCUT2D eigenvalue weighted by Gasteiger charge is -2.10. The molecule has 0 aliphatic heterocycles. The fraction of sp³-hybridized carbons (Fsp3) is 0.211. The first kappa shape index (κ1) is 17.4. The molecule has 25 heavy (non-hydrogen) atoms. The molecule has 1 atom stereocenters. The molecule has 6 heteroatoms. The number of nitrogens with zero attached hydrogens (tertiary/aromatic N) is 3. The number of thioether (sulfide) groups is 1. The number of ketones is 1. The van der Waals surface area contributed by atoms with Gasteiger partial charge in [0.15, 0.2) is 16.8 Å². The van der Waals surface area contributed by atoms with Gasteiger partial charge in [-0.1, -0.05) is 41.6 Å². The van der Waals surface area contributed by atoms with E-state index in [1.165, 1.54) is 23.9 Å². The molecule has 3 aromatic rings. The van der Waals surface area contributed by atoms with Crippen LogP contribution in [0.5, 0.6) is 0 Å². The fourth-order valence-corrected chi connectivity index (χ4v) is 3.32. The molecule has 1 unspecified atom stereocenters. The lowest BCUT2D eigenvalue weighted by atomic mass is 10.1. The molecule has 128 valence electrons. The average molecular weight is 355 g/mol. The second kappa shape index (κ2) is 7.19. The molecule has 0 fully saturated rings. The third-order valence-electron chi connectivity index (χ3n) is 3.92. The highest BCUT2D eigenvalue weighted by Gasteiger charge is 2.20. The van der Waals surface area contributed by atoms with E-state index in [4.69, 9.17) is 0 Å². The van der Waals surface area contributed by atoms with E-state index in [0.717, 1.165) is 11.1 Å². The molecule has 0 N–H and O–H groups in total. The lowest BCUT2D eigenvalue weighted by Crippen LogP contribution is -2.14. The highest BCUT2D eigenvalue weighted by molar-refractivity contribution is 8.00. The number of Topliss-reactive ketones (excluding diaryl/α,β-unsaturated/α-hetero) is 1. The maximum Gasteiger partial charge on any atom is 0.191 e. The maximum absolute atomic E-state index is 13.1. The summed E-state index contributed by atoms with van der Waals surface area (Å²) < 4.78 is 14.9. The van der Waals surface area contributed by atoms with Crippen molar-refractivity contribution in [1.82, 2.24) is 14.8 Å². The Morgan fingerprint density at radius 3 is 2.36 bits per heavy atom. The number of carbonyl (C=O) groups excluding carboxylic acids is 1. The van der Waals surface area contributed by atoms with Gasteiger partial charge >= 0.3 is 0 Å². The van der Waals surface area contributed by atoms with E-state index in [9.17, 15) is 9.18 Å². The Kier molecular flexibility index (Phi) is 4.99. The summed E-state index contributed by atoms with van der Waals surface area (Å²) in [4.78, 5) is 12.6. The van der Waals surface area contributed by atoms with Gasteiger partial charge in [-0.15, -0.1) is 10.2 Å². The highest BCUT2D eigenvalue weighted by Crippen LogP contribution is 2.27. The van der Waals surface area contributed by atoms with Crippen molar-refractivity contribution in [3.8, 4) is 11.4 Å². The van der Waals surface area contributed by atoms with Gasteiger partial charge in [0.2, 0.25) is 0 Å². The van der Waals surface area contributed by atoms with E-state index in [2.05, 4.69) is 10.2 Å². The number of benzene rings is 2. The second-order valence-corrected chi connectivity index (χ2v) is 7.17. The van der Waals surface area contributed by atoms with Gasteiger partial charge in [0.25, 0.3) is 0 Å². The summed E-state index contributed by atoms with van der Waals surface area (Å²) >= 11 is 1.36. The van der Waals surface area contributed by atoms with Crippen LogP contribution >= 0.6 is 11.8 Å². The smallest absolute Gasteiger partial charge is 0.191 e. The van der Waals surface area contributed by atoms with Gasteiger partial charge in [-0.25, -0.2) is 4.39 Å². The van der Waals surface area contributed by atoms with Crippen molar-refractivity contribution in [1.29, 1.82) is 0 Å². The number of hydrogen-bond donors (Lipinski definition) is 0. The molecule has 0 aliphatic rings. The zero-order chi connectivity index (χ0) is 18.0. The molecule has 0 bridgehead atoms. The number of aryl methyl sites for hydroxylation is 1. The predicted octanol–water partition coefficient (Wildman–Crippen LogP) is 4.29. The molecule has 2 aromatic carbocycles. The molecular weight excluding hydrogens is 337 g/mol. The molecule has 0 saturated heterocycles. The number of carbonyl (C=O) groups is 1. The molecule has 1 aromatic heterocycles. The Labute approximate surface area is 150 Å². The van der Waals surface area contributed by atoms with E-state index in [1.54, 1.807) is 12.1 Å². The van der Waals surface area contributed by atoms with Crippen LogP contribution in [-0.4, -0.2) is 25.8 Å². The van der Waals surface area contributed by atoms with Gasteiger partial charge in [-0.05, 0) is 38.1 Å². The molecule has 0 aliphatic carbocycles. The first-order chi connectivity index (χ1) is 12.0. The Hall–Kier alpha value is -2.47. The first-order valence-electron chi connectivity index (χ1n) is 7.88. The van der Waals surface area contributed by atoms with E-state index in [1.807, 2.05) is 49.7 Å². The van der Waals surface area contributed by atoms with Crippen LogP contribution < -0.4 is 0 Å². The largest absolute Gasteiger partial charge is 0.305 e. The third-order valence-corrected chi connectivity index (χ3v) is 5.06. The van der Waals surface area contributed by atoms with E-state index in [0.29, 0.717) is 16.5 Å². The Morgan fingerprint density at radius 1 is 1.08 bits per heavy atom. The Bertz CT molecular complexity index is 888. The first-order valence-corrected chi connectivity index (χ1v) is 8.76. The van der Waals surface area contributed by atoms with Gasteiger partial charge in [0.05, 0.1) is 5.25 Å². The zero-order valence-electron chi connectivity index (χ0n) is 14.2. The van der Waals surface area contributed by atoms with Crippen molar-refractivity contribution < 1.29 is 9.18 Å². The summed E-state index contributed by atoms with van der Waals surface area (Å²) in [7, 11) is 1.84. The second-order valence-electron chi connectivity index (χ2n) is 5.86.